The van der Waals surface area contributed by atoms with E-state index in [2.05, 4.69) is 28.7 Å². The molecule has 1 aromatic heterocycles. The lowest BCUT2D eigenvalue weighted by Crippen LogP contribution is -2.28. The molecule has 0 amide bonds. The quantitative estimate of drug-likeness (QED) is 0.915. The predicted octanol–water partition coefficient (Wildman–Crippen LogP) is 3.11. The molecule has 0 aliphatic carbocycles. The maximum absolute atomic E-state index is 11.1. The molecule has 0 unspecified atom stereocenters. The molecule has 0 radical (unpaired) electrons. The van der Waals surface area contributed by atoms with Gasteiger partial charge in [0.05, 0.1) is 23.1 Å². The molecule has 1 fully saturated rings. The SMILES string of the molecule is CC(C)N1CC[C@H](Cc2cnc(-c3cccc(C(=O)O)c3)cn2)C1. The number of carboxylic acid groups (broad SMARTS) is 1. The lowest BCUT2D eigenvalue weighted by Gasteiger charge is -2.20. The average molecular weight is 325 g/mol. The highest BCUT2D eigenvalue weighted by atomic mass is 16.4. The number of carbonyl (C=O) groups is 1. The first kappa shape index (κ1) is 16.6. The summed E-state index contributed by atoms with van der Waals surface area (Å²) in [5.41, 5.74) is 2.75. The molecule has 2 heterocycles. The highest BCUT2D eigenvalue weighted by Crippen LogP contribution is 2.22. The molecule has 1 N–H and O–H groups in total. The number of hydrogen-bond donors (Lipinski definition) is 1. The van der Waals surface area contributed by atoms with E-state index in [9.17, 15) is 4.79 Å². The van der Waals surface area contributed by atoms with Crippen LogP contribution < -0.4 is 0 Å². The Kier molecular flexibility index (Phi) is 4.90. The Labute approximate surface area is 142 Å². The van der Waals surface area contributed by atoms with Gasteiger partial charge in [0.15, 0.2) is 0 Å². The van der Waals surface area contributed by atoms with Crippen molar-refractivity contribution < 1.29 is 9.90 Å². The van der Waals surface area contributed by atoms with Crippen LogP contribution in [-0.4, -0.2) is 45.1 Å². The van der Waals surface area contributed by atoms with Gasteiger partial charge in [0, 0.05) is 24.3 Å². The average Bonchev–Trinajstić information content (AvgIpc) is 3.04. The molecule has 0 saturated carbocycles. The molecule has 5 heteroatoms. The minimum atomic E-state index is -0.933. The first-order valence-corrected chi connectivity index (χ1v) is 8.41. The topological polar surface area (TPSA) is 66.3 Å². The normalized spacial score (nSPS) is 18.2. The van der Waals surface area contributed by atoms with Crippen LogP contribution in [0.3, 0.4) is 0 Å². The second kappa shape index (κ2) is 7.09. The zero-order valence-corrected chi connectivity index (χ0v) is 14.1. The second-order valence-corrected chi connectivity index (χ2v) is 6.73. The van der Waals surface area contributed by atoms with Crippen LogP contribution in [0.15, 0.2) is 36.7 Å². The molecule has 1 aliphatic heterocycles. The van der Waals surface area contributed by atoms with Gasteiger partial charge in [-0.25, -0.2) is 4.79 Å². The molecule has 1 atom stereocenters. The third kappa shape index (κ3) is 3.79. The Balaban J connectivity index is 1.68. The predicted molar refractivity (Wildman–Crippen MR) is 92.9 cm³/mol. The zero-order valence-electron chi connectivity index (χ0n) is 14.1. The van der Waals surface area contributed by atoms with Crippen LogP contribution >= 0.6 is 0 Å². The Morgan fingerprint density at radius 3 is 2.79 bits per heavy atom. The maximum atomic E-state index is 11.1. The van der Waals surface area contributed by atoms with E-state index >= 15 is 0 Å². The number of nitrogens with zero attached hydrogens (tertiary/aromatic N) is 3. The van der Waals surface area contributed by atoms with Gasteiger partial charge in [0.1, 0.15) is 0 Å². The summed E-state index contributed by atoms with van der Waals surface area (Å²) in [4.78, 5) is 22.6. The second-order valence-electron chi connectivity index (χ2n) is 6.73. The Bertz CT molecular complexity index is 713. The third-order valence-corrected chi connectivity index (χ3v) is 4.66. The number of aromatic nitrogens is 2. The third-order valence-electron chi connectivity index (χ3n) is 4.66. The maximum Gasteiger partial charge on any atom is 0.335 e. The van der Waals surface area contributed by atoms with Gasteiger partial charge in [0.2, 0.25) is 0 Å². The molecule has 2 aromatic rings. The van der Waals surface area contributed by atoms with Crippen molar-refractivity contribution in [3.63, 3.8) is 0 Å². The van der Waals surface area contributed by atoms with Gasteiger partial charge >= 0.3 is 5.97 Å². The first-order chi connectivity index (χ1) is 11.5. The number of hydrogen-bond acceptors (Lipinski definition) is 4. The monoisotopic (exact) mass is 325 g/mol. The van der Waals surface area contributed by atoms with Crippen LogP contribution in [0.1, 0.15) is 36.3 Å². The van der Waals surface area contributed by atoms with Gasteiger partial charge in [-0.2, -0.15) is 0 Å². The van der Waals surface area contributed by atoms with Crippen molar-refractivity contribution in [1.29, 1.82) is 0 Å². The highest BCUT2D eigenvalue weighted by molar-refractivity contribution is 5.89. The molecule has 126 valence electrons. The fourth-order valence-electron chi connectivity index (χ4n) is 3.21. The molecule has 24 heavy (non-hydrogen) atoms. The summed E-state index contributed by atoms with van der Waals surface area (Å²) < 4.78 is 0. The molecule has 1 aromatic carbocycles. The Morgan fingerprint density at radius 2 is 2.17 bits per heavy atom. The van der Waals surface area contributed by atoms with E-state index in [4.69, 9.17) is 5.11 Å². The van der Waals surface area contributed by atoms with Gasteiger partial charge in [-0.15, -0.1) is 0 Å². The van der Waals surface area contributed by atoms with E-state index in [-0.39, 0.29) is 5.56 Å². The highest BCUT2D eigenvalue weighted by Gasteiger charge is 2.24. The van der Waals surface area contributed by atoms with Gasteiger partial charge in [-0.1, -0.05) is 12.1 Å². The molecular formula is C19H23N3O2. The van der Waals surface area contributed by atoms with E-state index in [0.29, 0.717) is 17.7 Å². The van der Waals surface area contributed by atoms with Crippen molar-refractivity contribution >= 4 is 5.97 Å². The largest absolute Gasteiger partial charge is 0.478 e. The summed E-state index contributed by atoms with van der Waals surface area (Å²) in [6.07, 6.45) is 5.72. The van der Waals surface area contributed by atoms with Crippen LogP contribution in [-0.2, 0) is 6.42 Å². The number of likely N-dealkylation sites (tertiary alicyclic amines) is 1. The molecule has 1 saturated heterocycles. The van der Waals surface area contributed by atoms with Crippen LogP contribution in [0.4, 0.5) is 0 Å². The smallest absolute Gasteiger partial charge is 0.335 e. The summed E-state index contributed by atoms with van der Waals surface area (Å²) in [6.45, 7) is 6.77. The number of benzene rings is 1. The van der Waals surface area contributed by atoms with Gasteiger partial charge in [-0.05, 0) is 51.3 Å². The minimum Gasteiger partial charge on any atom is -0.478 e. The van der Waals surface area contributed by atoms with Crippen LogP contribution in [0.5, 0.6) is 0 Å². The Hall–Kier alpha value is -2.27. The van der Waals surface area contributed by atoms with Gasteiger partial charge in [0.25, 0.3) is 0 Å². The van der Waals surface area contributed by atoms with Crippen LogP contribution in [0, 0.1) is 5.92 Å². The van der Waals surface area contributed by atoms with E-state index in [1.807, 2.05) is 12.3 Å². The van der Waals surface area contributed by atoms with Crippen molar-refractivity contribution in [2.24, 2.45) is 5.92 Å². The van der Waals surface area contributed by atoms with E-state index in [1.165, 1.54) is 6.42 Å². The Morgan fingerprint density at radius 1 is 1.33 bits per heavy atom. The standard InChI is InChI=1S/C19H23N3O2/c1-13(2)22-7-6-14(12-22)8-17-10-21-18(11-20-17)15-4-3-5-16(9-15)19(23)24/h3-5,9-11,13-14H,6-8,12H2,1-2H3,(H,23,24)/t14-/m1/s1. The number of carboxylic acids is 1. The van der Waals surface area contributed by atoms with Crippen molar-refractivity contribution in [3.05, 3.63) is 47.9 Å². The van der Waals surface area contributed by atoms with Crippen molar-refractivity contribution in [2.75, 3.05) is 13.1 Å². The van der Waals surface area contributed by atoms with E-state index < -0.39 is 5.97 Å². The molecule has 3 rings (SSSR count). The summed E-state index contributed by atoms with van der Waals surface area (Å²) in [7, 11) is 0. The summed E-state index contributed by atoms with van der Waals surface area (Å²) in [5, 5.41) is 9.08. The van der Waals surface area contributed by atoms with Crippen molar-refractivity contribution in [2.45, 2.75) is 32.7 Å². The summed E-state index contributed by atoms with van der Waals surface area (Å²) in [5.74, 6) is -0.291. The molecule has 0 spiro atoms. The van der Waals surface area contributed by atoms with Crippen LogP contribution in [0.2, 0.25) is 0 Å². The van der Waals surface area contributed by atoms with Crippen molar-refractivity contribution in [1.82, 2.24) is 14.9 Å². The molecule has 5 nitrogen and oxygen atoms in total. The fraction of sp³-hybridized carbons (Fsp3) is 0.421. The summed E-state index contributed by atoms with van der Waals surface area (Å²) in [6, 6.07) is 7.39. The number of aromatic carboxylic acids is 1. The van der Waals surface area contributed by atoms with Gasteiger partial charge in [-0.3, -0.25) is 9.97 Å². The zero-order chi connectivity index (χ0) is 17.1. The lowest BCUT2D eigenvalue weighted by atomic mass is 10.0. The first-order valence-electron chi connectivity index (χ1n) is 8.41. The van der Waals surface area contributed by atoms with E-state index in [0.717, 1.165) is 30.8 Å². The van der Waals surface area contributed by atoms with Crippen LogP contribution in [0.25, 0.3) is 11.3 Å². The molecular weight excluding hydrogens is 302 g/mol. The minimum absolute atomic E-state index is 0.262. The molecule has 0 bridgehead atoms. The van der Waals surface area contributed by atoms with Gasteiger partial charge < -0.3 is 10.0 Å². The van der Waals surface area contributed by atoms with E-state index in [1.54, 1.807) is 24.4 Å². The lowest BCUT2D eigenvalue weighted by molar-refractivity contribution is 0.0697. The molecule has 1 aliphatic rings. The number of rotatable bonds is 5. The fourth-order valence-corrected chi connectivity index (χ4v) is 3.21. The van der Waals surface area contributed by atoms with Crippen molar-refractivity contribution in [3.8, 4) is 11.3 Å². The summed E-state index contributed by atoms with van der Waals surface area (Å²) >= 11 is 0.